The molecule has 4 rings (SSSR count). The molecule has 1 fully saturated rings. The van der Waals surface area contributed by atoms with Crippen LogP contribution in [0, 0.1) is 13.8 Å². The molecule has 0 radical (unpaired) electrons. The zero-order chi connectivity index (χ0) is 21.8. The summed E-state index contributed by atoms with van der Waals surface area (Å²) in [5.74, 6) is 0.103. The van der Waals surface area contributed by atoms with Crippen molar-refractivity contribution < 1.29 is 9.59 Å². The Kier molecular flexibility index (Phi) is 6.67. The molecule has 1 aliphatic rings. The average molecular weight is 440 g/mol. The number of pyridine rings is 1. The second-order valence-electron chi connectivity index (χ2n) is 8.10. The summed E-state index contributed by atoms with van der Waals surface area (Å²) in [6, 6.07) is 6.02. The number of piperazine rings is 1. The fraction of sp³-hybridized carbons (Fsp3) is 0.435. The molecule has 1 aliphatic heterocycles. The minimum atomic E-state index is -0.0693. The monoisotopic (exact) mass is 439 g/mol. The summed E-state index contributed by atoms with van der Waals surface area (Å²) in [7, 11) is 0. The number of rotatable bonds is 7. The summed E-state index contributed by atoms with van der Waals surface area (Å²) in [4.78, 5) is 33.5. The Morgan fingerprint density at radius 1 is 1.16 bits per heavy atom. The molecule has 164 valence electrons. The zero-order valence-electron chi connectivity index (χ0n) is 18.1. The summed E-state index contributed by atoms with van der Waals surface area (Å²) in [5.41, 5.74) is 5.17. The molecule has 0 atom stereocenters. The zero-order valence-corrected chi connectivity index (χ0v) is 19.0. The molecule has 8 heteroatoms. The van der Waals surface area contributed by atoms with Crippen LogP contribution in [-0.4, -0.2) is 63.7 Å². The number of nitrogens with one attached hydrogen (secondary N) is 1. The molecule has 7 nitrogen and oxygen atoms in total. The molecule has 0 aliphatic carbocycles. The highest BCUT2D eigenvalue weighted by Gasteiger charge is 2.22. The van der Waals surface area contributed by atoms with Crippen molar-refractivity contribution in [2.45, 2.75) is 33.2 Å². The lowest BCUT2D eigenvalue weighted by atomic mass is 10.2. The number of carbonyl (C=O) groups excluding carboxylic acids is 2. The number of hydrogen-bond donors (Lipinski definition) is 1. The van der Waals surface area contributed by atoms with Crippen molar-refractivity contribution in [3.63, 3.8) is 0 Å². The highest BCUT2D eigenvalue weighted by molar-refractivity contribution is 7.08. The number of hydrogen-bond acceptors (Lipinski definition) is 5. The predicted octanol–water partition coefficient (Wildman–Crippen LogP) is 2.87. The molecule has 0 unspecified atom stereocenters. The van der Waals surface area contributed by atoms with E-state index >= 15 is 0 Å². The molecule has 3 aromatic heterocycles. The third-order valence-electron chi connectivity index (χ3n) is 5.82. The van der Waals surface area contributed by atoms with E-state index in [4.69, 9.17) is 4.98 Å². The number of aromatic nitrogens is 2. The van der Waals surface area contributed by atoms with Crippen molar-refractivity contribution in [2.24, 2.45) is 0 Å². The lowest BCUT2D eigenvalue weighted by Crippen LogP contribution is -2.48. The van der Waals surface area contributed by atoms with Gasteiger partial charge in [-0.05, 0) is 49.4 Å². The number of amides is 2. The topological polar surface area (TPSA) is 70.0 Å². The lowest BCUT2D eigenvalue weighted by Gasteiger charge is -2.34. The van der Waals surface area contributed by atoms with Crippen molar-refractivity contribution in [3.8, 4) is 0 Å². The summed E-state index contributed by atoms with van der Waals surface area (Å²) in [6.45, 7) is 8.72. The molecule has 0 spiro atoms. The number of carbonyl (C=O) groups is 2. The third-order valence-corrected chi connectivity index (χ3v) is 6.50. The maximum atomic E-state index is 12.5. The van der Waals surface area contributed by atoms with Crippen molar-refractivity contribution in [2.75, 3.05) is 32.7 Å². The van der Waals surface area contributed by atoms with E-state index in [2.05, 4.69) is 46.8 Å². The smallest absolute Gasteiger partial charge is 0.252 e. The molecular weight excluding hydrogens is 410 g/mol. The first-order chi connectivity index (χ1) is 15.0. The van der Waals surface area contributed by atoms with Crippen molar-refractivity contribution in [1.82, 2.24) is 24.5 Å². The highest BCUT2D eigenvalue weighted by Crippen LogP contribution is 2.17. The maximum absolute atomic E-state index is 12.5. The Labute approximate surface area is 186 Å². The van der Waals surface area contributed by atoms with E-state index in [1.807, 2.05) is 15.7 Å². The fourth-order valence-corrected chi connectivity index (χ4v) is 4.60. The van der Waals surface area contributed by atoms with Crippen LogP contribution in [0.4, 0.5) is 0 Å². The molecule has 0 saturated carbocycles. The SMILES string of the molecule is Cc1ccn2c(CN3CCN(C(=O)CCCNC(=O)c4ccsc4)CC3)c(C)nc2c1. The molecule has 1 N–H and O–H groups in total. The number of thiophene rings is 1. The summed E-state index contributed by atoms with van der Waals surface area (Å²) < 4.78 is 2.17. The quantitative estimate of drug-likeness (QED) is 0.575. The molecule has 1 saturated heterocycles. The summed E-state index contributed by atoms with van der Waals surface area (Å²) in [6.07, 6.45) is 3.22. The van der Waals surface area contributed by atoms with Crippen molar-refractivity contribution >= 4 is 28.8 Å². The van der Waals surface area contributed by atoms with E-state index in [9.17, 15) is 9.59 Å². The van der Waals surface area contributed by atoms with Crippen LogP contribution in [-0.2, 0) is 11.3 Å². The van der Waals surface area contributed by atoms with Gasteiger partial charge < -0.3 is 14.6 Å². The van der Waals surface area contributed by atoms with Gasteiger partial charge in [-0.2, -0.15) is 11.3 Å². The van der Waals surface area contributed by atoms with Gasteiger partial charge in [0.15, 0.2) is 0 Å². The number of aryl methyl sites for hydroxylation is 2. The van der Waals surface area contributed by atoms with E-state index in [1.165, 1.54) is 22.6 Å². The van der Waals surface area contributed by atoms with Crippen LogP contribution in [0.15, 0.2) is 35.2 Å². The van der Waals surface area contributed by atoms with Gasteiger partial charge in [-0.25, -0.2) is 4.98 Å². The molecule has 0 bridgehead atoms. The van der Waals surface area contributed by atoms with Gasteiger partial charge in [0.05, 0.1) is 11.4 Å². The van der Waals surface area contributed by atoms with Gasteiger partial charge in [-0.3, -0.25) is 14.5 Å². The standard InChI is InChI=1S/C23H29N5O2S/c1-17-5-8-28-20(18(2)25-21(28)14-17)15-26-9-11-27(12-10-26)22(29)4-3-7-24-23(30)19-6-13-31-16-19/h5-6,8,13-14,16H,3-4,7,9-12,15H2,1-2H3,(H,24,30). The Bertz CT molecular complexity index is 1050. The van der Waals surface area contributed by atoms with Crippen molar-refractivity contribution in [1.29, 1.82) is 0 Å². The van der Waals surface area contributed by atoms with Gasteiger partial charge in [-0.15, -0.1) is 0 Å². The van der Waals surface area contributed by atoms with Crippen molar-refractivity contribution in [3.05, 3.63) is 57.7 Å². The van der Waals surface area contributed by atoms with Gasteiger partial charge in [0.1, 0.15) is 5.65 Å². The maximum Gasteiger partial charge on any atom is 0.252 e. The van der Waals surface area contributed by atoms with Crippen LogP contribution in [0.5, 0.6) is 0 Å². The Hall–Kier alpha value is -2.71. The molecule has 4 heterocycles. The minimum Gasteiger partial charge on any atom is -0.352 e. The summed E-state index contributed by atoms with van der Waals surface area (Å²) >= 11 is 1.50. The molecule has 31 heavy (non-hydrogen) atoms. The second-order valence-corrected chi connectivity index (χ2v) is 8.88. The van der Waals surface area contributed by atoms with Gasteiger partial charge in [0.25, 0.3) is 5.91 Å². The molecule has 2 amide bonds. The van der Waals surface area contributed by atoms with E-state index in [1.54, 1.807) is 6.07 Å². The van der Waals surface area contributed by atoms with Gasteiger partial charge in [0, 0.05) is 62.8 Å². The van der Waals surface area contributed by atoms with E-state index in [0.29, 0.717) is 24.9 Å². The Balaban J connectivity index is 1.21. The van der Waals surface area contributed by atoms with Crippen LogP contribution in [0.1, 0.15) is 40.2 Å². The average Bonchev–Trinajstić information content (AvgIpc) is 3.40. The van der Waals surface area contributed by atoms with Crippen LogP contribution in [0.3, 0.4) is 0 Å². The Morgan fingerprint density at radius 2 is 1.97 bits per heavy atom. The van der Waals surface area contributed by atoms with Crippen LogP contribution in [0.2, 0.25) is 0 Å². The first-order valence-corrected chi connectivity index (χ1v) is 11.7. The largest absolute Gasteiger partial charge is 0.352 e. The van der Waals surface area contributed by atoms with E-state index in [0.717, 1.165) is 44.1 Å². The Morgan fingerprint density at radius 3 is 2.71 bits per heavy atom. The van der Waals surface area contributed by atoms with Gasteiger partial charge >= 0.3 is 0 Å². The normalized spacial score (nSPS) is 14.8. The van der Waals surface area contributed by atoms with E-state index in [-0.39, 0.29) is 11.8 Å². The fourth-order valence-electron chi connectivity index (χ4n) is 3.97. The lowest BCUT2D eigenvalue weighted by molar-refractivity contribution is -0.133. The van der Waals surface area contributed by atoms with E-state index < -0.39 is 0 Å². The van der Waals surface area contributed by atoms with Gasteiger partial charge in [-0.1, -0.05) is 0 Å². The highest BCUT2D eigenvalue weighted by atomic mass is 32.1. The van der Waals surface area contributed by atoms with Crippen LogP contribution < -0.4 is 5.32 Å². The predicted molar refractivity (Wildman–Crippen MR) is 122 cm³/mol. The molecule has 3 aromatic rings. The van der Waals surface area contributed by atoms with Crippen LogP contribution in [0.25, 0.3) is 5.65 Å². The van der Waals surface area contributed by atoms with Gasteiger partial charge in [0.2, 0.25) is 5.91 Å². The number of imidazole rings is 1. The van der Waals surface area contributed by atoms with Crippen LogP contribution >= 0.6 is 11.3 Å². The molecule has 0 aromatic carbocycles. The number of nitrogens with zero attached hydrogens (tertiary/aromatic N) is 4. The number of fused-ring (bicyclic) bond motifs is 1. The second kappa shape index (κ2) is 9.62. The molecular formula is C23H29N5O2S. The minimum absolute atomic E-state index is 0.0693. The first-order valence-electron chi connectivity index (χ1n) is 10.8. The first kappa shape index (κ1) is 21.5. The summed E-state index contributed by atoms with van der Waals surface area (Å²) in [5, 5.41) is 6.59. The third kappa shape index (κ3) is 5.14.